The summed E-state index contributed by atoms with van der Waals surface area (Å²) in [5.41, 5.74) is 0.779. The molecule has 0 aliphatic heterocycles. The molecule has 0 N–H and O–H groups in total. The first-order valence-corrected chi connectivity index (χ1v) is 8.45. The summed E-state index contributed by atoms with van der Waals surface area (Å²) in [6.45, 7) is 1.11. The molecular formula is C19H18ClNO5. The number of rotatable bonds is 8. The Bertz CT molecular complexity index is 776. The van der Waals surface area contributed by atoms with E-state index in [1.165, 1.54) is 0 Å². The zero-order valence-electron chi connectivity index (χ0n) is 14.1. The molecule has 0 fully saturated rings. The fourth-order valence-electron chi connectivity index (χ4n) is 2.74. The van der Waals surface area contributed by atoms with E-state index in [0.29, 0.717) is 16.1 Å². The van der Waals surface area contributed by atoms with Gasteiger partial charge in [0.1, 0.15) is 5.92 Å². The van der Waals surface area contributed by atoms with Crippen molar-refractivity contribution in [3.8, 4) is 0 Å². The lowest BCUT2D eigenvalue weighted by molar-refractivity contribution is -0.484. The lowest BCUT2D eigenvalue weighted by atomic mass is 9.81. The first kappa shape index (κ1) is 19.6. The van der Waals surface area contributed by atoms with Crippen LogP contribution in [0.4, 0.5) is 0 Å². The number of hydrogen-bond donors (Lipinski definition) is 0. The second-order valence-corrected chi connectivity index (χ2v) is 6.07. The molecule has 2 aromatic carbocycles. The molecule has 2 atom stereocenters. The normalized spacial score (nSPS) is 12.8. The number of carbonyl (C=O) groups is 2. The van der Waals surface area contributed by atoms with Gasteiger partial charge >= 0.3 is 5.97 Å². The number of hydrogen-bond acceptors (Lipinski definition) is 5. The van der Waals surface area contributed by atoms with Gasteiger partial charge in [0, 0.05) is 15.5 Å². The first-order chi connectivity index (χ1) is 12.4. The molecule has 0 spiro atoms. The Kier molecular flexibility index (Phi) is 6.86. The topological polar surface area (TPSA) is 86.5 Å². The van der Waals surface area contributed by atoms with E-state index in [-0.39, 0.29) is 6.61 Å². The van der Waals surface area contributed by atoms with E-state index >= 15 is 0 Å². The van der Waals surface area contributed by atoms with E-state index in [1.807, 2.05) is 0 Å². The van der Waals surface area contributed by atoms with Crippen LogP contribution in [0.15, 0.2) is 54.6 Å². The molecule has 0 bridgehead atoms. The highest BCUT2D eigenvalue weighted by Crippen LogP contribution is 2.30. The van der Waals surface area contributed by atoms with Gasteiger partial charge in [0.25, 0.3) is 0 Å². The highest BCUT2D eigenvalue weighted by molar-refractivity contribution is 6.30. The van der Waals surface area contributed by atoms with Crippen LogP contribution >= 0.6 is 11.6 Å². The van der Waals surface area contributed by atoms with Crippen LogP contribution in [0, 0.1) is 16.0 Å². The molecule has 2 rings (SSSR count). The molecular weight excluding hydrogens is 358 g/mol. The molecule has 1 unspecified atom stereocenters. The summed E-state index contributed by atoms with van der Waals surface area (Å²) in [6, 6.07) is 14.5. The molecule has 26 heavy (non-hydrogen) atoms. The highest BCUT2D eigenvalue weighted by Gasteiger charge is 2.40. The van der Waals surface area contributed by atoms with Crippen molar-refractivity contribution >= 4 is 23.4 Å². The van der Waals surface area contributed by atoms with Crippen molar-refractivity contribution in [1.29, 1.82) is 0 Å². The van der Waals surface area contributed by atoms with Crippen LogP contribution in [0.5, 0.6) is 0 Å². The summed E-state index contributed by atoms with van der Waals surface area (Å²) in [5, 5.41) is 11.7. The van der Waals surface area contributed by atoms with Gasteiger partial charge in [0.15, 0.2) is 5.78 Å². The molecule has 2 aromatic rings. The molecule has 0 saturated carbocycles. The van der Waals surface area contributed by atoms with Crippen LogP contribution in [-0.2, 0) is 9.53 Å². The van der Waals surface area contributed by atoms with Gasteiger partial charge in [-0.05, 0) is 24.6 Å². The number of carbonyl (C=O) groups excluding carboxylic acids is 2. The standard InChI is InChI=1S/C19H18ClNO5/c1-2-26-19(23)17(18(22)14-6-4-3-5-7-14)16(12-21(24)25)13-8-10-15(20)11-9-13/h3-11,16-17H,2,12H2,1H3/t16-,17?/m0/s1. The Labute approximate surface area is 155 Å². The summed E-state index contributed by atoms with van der Waals surface area (Å²) in [5.74, 6) is -3.56. The third-order valence-corrected chi connectivity index (χ3v) is 4.18. The van der Waals surface area contributed by atoms with Crippen LogP contribution in [0.2, 0.25) is 5.02 Å². The molecule has 0 aliphatic rings. The van der Waals surface area contributed by atoms with Crippen molar-refractivity contribution in [3.63, 3.8) is 0 Å². The Morgan fingerprint density at radius 1 is 1.12 bits per heavy atom. The van der Waals surface area contributed by atoms with Gasteiger partial charge in [-0.2, -0.15) is 0 Å². The van der Waals surface area contributed by atoms with Crippen molar-refractivity contribution in [2.75, 3.05) is 13.2 Å². The Morgan fingerprint density at radius 2 is 1.73 bits per heavy atom. The largest absolute Gasteiger partial charge is 0.465 e. The van der Waals surface area contributed by atoms with Crippen LogP contribution in [0.1, 0.15) is 28.8 Å². The van der Waals surface area contributed by atoms with Crippen LogP contribution in [-0.4, -0.2) is 29.8 Å². The molecule has 0 saturated heterocycles. The van der Waals surface area contributed by atoms with Gasteiger partial charge in [-0.15, -0.1) is 0 Å². The number of ketones is 1. The van der Waals surface area contributed by atoms with Gasteiger partial charge in [-0.25, -0.2) is 0 Å². The fourth-order valence-corrected chi connectivity index (χ4v) is 2.87. The minimum atomic E-state index is -1.32. The molecule has 0 aromatic heterocycles. The lowest BCUT2D eigenvalue weighted by Gasteiger charge is -2.22. The highest BCUT2D eigenvalue weighted by atomic mass is 35.5. The molecule has 7 heteroatoms. The van der Waals surface area contributed by atoms with Crippen molar-refractivity contribution in [2.24, 2.45) is 5.92 Å². The summed E-state index contributed by atoms with van der Waals surface area (Å²) in [4.78, 5) is 36.2. The van der Waals surface area contributed by atoms with Crippen LogP contribution in [0.25, 0.3) is 0 Å². The Morgan fingerprint density at radius 3 is 2.27 bits per heavy atom. The van der Waals surface area contributed by atoms with E-state index < -0.39 is 35.1 Å². The molecule has 6 nitrogen and oxygen atoms in total. The number of nitrogens with zero attached hydrogens (tertiary/aromatic N) is 1. The van der Waals surface area contributed by atoms with E-state index in [2.05, 4.69) is 0 Å². The molecule has 0 aliphatic carbocycles. The van der Waals surface area contributed by atoms with E-state index in [4.69, 9.17) is 16.3 Å². The summed E-state index contributed by atoms with van der Waals surface area (Å²) in [7, 11) is 0. The number of halogens is 1. The molecule has 0 heterocycles. The second kappa shape index (κ2) is 9.10. The minimum absolute atomic E-state index is 0.0726. The van der Waals surface area contributed by atoms with Gasteiger partial charge < -0.3 is 4.74 Å². The van der Waals surface area contributed by atoms with E-state index in [0.717, 1.165) is 0 Å². The summed E-state index contributed by atoms with van der Waals surface area (Å²) in [6.07, 6.45) is 0. The van der Waals surface area contributed by atoms with Crippen molar-refractivity contribution in [2.45, 2.75) is 12.8 Å². The zero-order valence-corrected chi connectivity index (χ0v) is 14.9. The number of Topliss-reactive ketones (excluding diaryl/α,β-unsaturated/α-hetero) is 1. The predicted octanol–water partition coefficient (Wildman–Crippen LogP) is 3.76. The minimum Gasteiger partial charge on any atom is -0.465 e. The summed E-state index contributed by atoms with van der Waals surface area (Å²) < 4.78 is 5.05. The predicted molar refractivity (Wildman–Crippen MR) is 96.9 cm³/mol. The Hall–Kier alpha value is -2.73. The van der Waals surface area contributed by atoms with Crippen molar-refractivity contribution < 1.29 is 19.2 Å². The smallest absolute Gasteiger partial charge is 0.317 e. The maximum Gasteiger partial charge on any atom is 0.317 e. The second-order valence-electron chi connectivity index (χ2n) is 5.63. The summed E-state index contributed by atoms with van der Waals surface area (Å²) >= 11 is 5.88. The Balaban J connectivity index is 2.50. The quantitative estimate of drug-likeness (QED) is 0.230. The first-order valence-electron chi connectivity index (χ1n) is 8.07. The third-order valence-electron chi connectivity index (χ3n) is 3.93. The number of ether oxygens (including phenoxy) is 1. The van der Waals surface area contributed by atoms with Gasteiger partial charge in [-0.1, -0.05) is 54.1 Å². The van der Waals surface area contributed by atoms with E-state index in [1.54, 1.807) is 61.5 Å². The van der Waals surface area contributed by atoms with Crippen molar-refractivity contribution in [3.05, 3.63) is 80.9 Å². The SMILES string of the molecule is CCOC(=O)C(C(=O)c1ccccc1)[C@@H](C[N+](=O)[O-])c1ccc(Cl)cc1. The fraction of sp³-hybridized carbons (Fsp3) is 0.263. The van der Waals surface area contributed by atoms with Gasteiger partial charge in [0.05, 0.1) is 12.5 Å². The van der Waals surface area contributed by atoms with Crippen LogP contribution in [0.3, 0.4) is 0 Å². The maximum absolute atomic E-state index is 13.0. The van der Waals surface area contributed by atoms with Crippen molar-refractivity contribution in [1.82, 2.24) is 0 Å². The van der Waals surface area contributed by atoms with E-state index in [9.17, 15) is 19.7 Å². The molecule has 136 valence electrons. The van der Waals surface area contributed by atoms with Crippen LogP contribution < -0.4 is 0 Å². The molecule has 0 radical (unpaired) electrons. The maximum atomic E-state index is 13.0. The average molecular weight is 376 g/mol. The number of benzene rings is 2. The van der Waals surface area contributed by atoms with Gasteiger partial charge in [0.2, 0.25) is 6.54 Å². The lowest BCUT2D eigenvalue weighted by Crippen LogP contribution is -2.35. The number of esters is 1. The van der Waals surface area contributed by atoms with Gasteiger partial charge in [-0.3, -0.25) is 19.7 Å². The average Bonchev–Trinajstić information content (AvgIpc) is 2.62. The zero-order chi connectivity index (χ0) is 19.1. The third kappa shape index (κ3) is 4.89. The number of nitro groups is 1. The molecule has 0 amide bonds. The monoisotopic (exact) mass is 375 g/mol.